The highest BCUT2D eigenvalue weighted by atomic mass is 16.5. The van der Waals surface area contributed by atoms with Crippen LogP contribution in [0.15, 0.2) is 78.9 Å². The molecule has 37 heavy (non-hydrogen) atoms. The van der Waals surface area contributed by atoms with Gasteiger partial charge in [-0.15, -0.1) is 5.10 Å². The maximum absolute atomic E-state index is 14.0. The first kappa shape index (κ1) is 25.9. The lowest BCUT2D eigenvalue weighted by Gasteiger charge is -2.32. The molecule has 0 fully saturated rings. The summed E-state index contributed by atoms with van der Waals surface area (Å²) in [5.41, 5.74) is 2.72. The molecule has 4 aromatic rings. The number of aromatic nitrogens is 3. The van der Waals surface area contributed by atoms with Crippen LogP contribution in [0.1, 0.15) is 38.8 Å². The van der Waals surface area contributed by atoms with Crippen LogP contribution in [0.3, 0.4) is 0 Å². The van der Waals surface area contributed by atoms with Crippen LogP contribution in [0.2, 0.25) is 0 Å². The Kier molecular flexibility index (Phi) is 8.51. The highest BCUT2D eigenvalue weighted by Crippen LogP contribution is 2.31. The van der Waals surface area contributed by atoms with Crippen LogP contribution in [0.5, 0.6) is 5.75 Å². The van der Waals surface area contributed by atoms with E-state index in [4.69, 9.17) is 4.74 Å². The molecular weight excluding hydrogens is 466 g/mol. The molecule has 1 N–H and O–H groups in total. The zero-order valence-electron chi connectivity index (χ0n) is 21.5. The number of nitrogens with zero attached hydrogens (tertiary/aromatic N) is 4. The summed E-state index contributed by atoms with van der Waals surface area (Å²) in [4.78, 5) is 29.3. The minimum absolute atomic E-state index is 0.0814. The van der Waals surface area contributed by atoms with Gasteiger partial charge in [0.1, 0.15) is 23.9 Å². The van der Waals surface area contributed by atoms with Crippen LogP contribution in [0.25, 0.3) is 11.0 Å². The molecule has 0 aliphatic rings. The molecule has 0 saturated heterocycles. The highest BCUT2D eigenvalue weighted by molar-refractivity contribution is 6.01. The second-order valence-electron chi connectivity index (χ2n) is 9.22. The van der Waals surface area contributed by atoms with Gasteiger partial charge in [-0.1, -0.05) is 67.6 Å². The van der Waals surface area contributed by atoms with Crippen molar-refractivity contribution in [2.75, 3.05) is 18.1 Å². The molecule has 0 aliphatic carbocycles. The van der Waals surface area contributed by atoms with E-state index in [1.54, 1.807) is 15.6 Å². The lowest BCUT2D eigenvalue weighted by Crippen LogP contribution is -2.45. The minimum atomic E-state index is -0.882. The molecule has 0 bridgehead atoms. The van der Waals surface area contributed by atoms with Gasteiger partial charge in [0, 0.05) is 18.3 Å². The van der Waals surface area contributed by atoms with E-state index in [1.807, 2.05) is 79.7 Å². The number of carbonyl (C=O) groups is 2. The van der Waals surface area contributed by atoms with Crippen LogP contribution in [-0.4, -0.2) is 40.0 Å². The molecule has 8 heteroatoms. The maximum atomic E-state index is 14.0. The fourth-order valence-corrected chi connectivity index (χ4v) is 4.20. The molecule has 1 heterocycles. The second kappa shape index (κ2) is 12.2. The van der Waals surface area contributed by atoms with Gasteiger partial charge < -0.3 is 10.1 Å². The van der Waals surface area contributed by atoms with Crippen molar-refractivity contribution in [3.63, 3.8) is 0 Å². The third-order valence-electron chi connectivity index (χ3n) is 6.02. The zero-order chi connectivity index (χ0) is 26.2. The van der Waals surface area contributed by atoms with Crippen LogP contribution in [-0.2, 0) is 16.1 Å². The molecule has 192 valence electrons. The van der Waals surface area contributed by atoms with Gasteiger partial charge in [0.2, 0.25) is 11.8 Å². The summed E-state index contributed by atoms with van der Waals surface area (Å²) in [5, 5.41) is 11.4. The Morgan fingerprint density at radius 3 is 2.51 bits per heavy atom. The molecule has 0 aliphatic heterocycles. The van der Waals surface area contributed by atoms with E-state index < -0.39 is 6.04 Å². The summed E-state index contributed by atoms with van der Waals surface area (Å²) in [6.07, 6.45) is 0.839. The average Bonchev–Trinajstić information content (AvgIpc) is 3.30. The number of hydrogen-bond acceptors (Lipinski definition) is 5. The largest absolute Gasteiger partial charge is 0.494 e. The first-order valence-electron chi connectivity index (χ1n) is 12.6. The van der Waals surface area contributed by atoms with E-state index in [1.165, 1.54) is 0 Å². The first-order valence-corrected chi connectivity index (χ1v) is 12.6. The number of fused-ring (bicyclic) bond motifs is 1. The van der Waals surface area contributed by atoms with Gasteiger partial charge in [0.05, 0.1) is 12.1 Å². The van der Waals surface area contributed by atoms with Crippen LogP contribution < -0.4 is 15.0 Å². The molecule has 2 amide bonds. The molecule has 0 saturated carbocycles. The third kappa shape index (κ3) is 6.33. The Hall–Kier alpha value is -4.20. The Morgan fingerprint density at radius 2 is 1.76 bits per heavy atom. The van der Waals surface area contributed by atoms with E-state index >= 15 is 0 Å². The summed E-state index contributed by atoms with van der Waals surface area (Å²) in [5.74, 6) is 0.523. The van der Waals surface area contributed by atoms with Gasteiger partial charge in [0.25, 0.3) is 0 Å². The summed E-state index contributed by atoms with van der Waals surface area (Å²) in [6.45, 7) is 7.05. The predicted octanol–water partition coefficient (Wildman–Crippen LogP) is 4.77. The highest BCUT2D eigenvalue weighted by Gasteiger charge is 2.33. The molecule has 1 aromatic heterocycles. The predicted molar refractivity (Wildman–Crippen MR) is 144 cm³/mol. The first-order chi connectivity index (χ1) is 18.0. The summed E-state index contributed by atoms with van der Waals surface area (Å²) >= 11 is 0. The monoisotopic (exact) mass is 499 g/mol. The Morgan fingerprint density at radius 1 is 1.00 bits per heavy atom. The topological polar surface area (TPSA) is 89.3 Å². The number of para-hydroxylation sites is 1. The number of hydrogen-bond donors (Lipinski definition) is 1. The van der Waals surface area contributed by atoms with Gasteiger partial charge in [-0.05, 0) is 49.1 Å². The van der Waals surface area contributed by atoms with Crippen molar-refractivity contribution < 1.29 is 14.3 Å². The van der Waals surface area contributed by atoms with Crippen LogP contribution in [0.4, 0.5) is 5.69 Å². The van der Waals surface area contributed by atoms with E-state index in [2.05, 4.69) is 29.5 Å². The van der Waals surface area contributed by atoms with Crippen molar-refractivity contribution in [2.24, 2.45) is 5.92 Å². The van der Waals surface area contributed by atoms with Crippen molar-refractivity contribution in [1.82, 2.24) is 20.3 Å². The van der Waals surface area contributed by atoms with Crippen molar-refractivity contribution in [2.45, 2.75) is 39.8 Å². The fraction of sp³-hybridized carbons (Fsp3) is 0.310. The lowest BCUT2D eigenvalue weighted by atomic mass is 10.0. The maximum Gasteiger partial charge on any atom is 0.249 e. The van der Waals surface area contributed by atoms with Crippen molar-refractivity contribution in [3.05, 3.63) is 84.4 Å². The summed E-state index contributed by atoms with van der Waals surface area (Å²) < 4.78 is 7.28. The molecule has 0 radical (unpaired) electrons. The number of benzene rings is 3. The fourth-order valence-electron chi connectivity index (χ4n) is 4.20. The Bertz CT molecular complexity index is 1340. The minimum Gasteiger partial charge on any atom is -0.494 e. The molecule has 1 atom stereocenters. The van der Waals surface area contributed by atoms with Gasteiger partial charge in [-0.3, -0.25) is 14.5 Å². The number of carbonyl (C=O) groups excluding carboxylic acids is 2. The molecular formula is C29H33N5O3. The quantitative estimate of drug-likeness (QED) is 0.321. The van der Waals surface area contributed by atoms with Crippen molar-refractivity contribution in [3.8, 4) is 5.75 Å². The Balaban J connectivity index is 1.76. The SMILES string of the molecule is CCOc1cccc(N(C(=O)Cn2nnc3ccccc32)[C@@H](C(=O)NCCC(C)C)c2ccccc2)c1. The van der Waals surface area contributed by atoms with Crippen LogP contribution >= 0.6 is 0 Å². The molecule has 0 unspecified atom stereocenters. The number of anilines is 1. The van der Waals surface area contributed by atoms with E-state index in [9.17, 15) is 9.59 Å². The van der Waals surface area contributed by atoms with Crippen LogP contribution in [0, 0.1) is 5.92 Å². The lowest BCUT2D eigenvalue weighted by molar-refractivity contribution is -0.127. The van der Waals surface area contributed by atoms with Gasteiger partial charge in [-0.2, -0.15) is 0 Å². The normalized spacial score (nSPS) is 11.9. The third-order valence-corrected chi connectivity index (χ3v) is 6.02. The molecule has 3 aromatic carbocycles. The number of ether oxygens (including phenoxy) is 1. The summed E-state index contributed by atoms with van der Waals surface area (Å²) in [7, 11) is 0. The van der Waals surface area contributed by atoms with E-state index in [-0.39, 0.29) is 18.4 Å². The standard InChI is InChI=1S/C29H33N5O3/c1-4-37-24-14-10-13-23(19-24)34(27(35)20-33-26-16-9-8-15-25(26)31-32-33)28(22-11-6-5-7-12-22)29(36)30-18-17-21(2)3/h5-16,19,21,28H,4,17-18,20H2,1-3H3,(H,30,36)/t28-/m1/s1. The van der Waals surface area contributed by atoms with Gasteiger partial charge >= 0.3 is 0 Å². The number of nitrogens with one attached hydrogen (secondary N) is 1. The molecule has 8 nitrogen and oxygen atoms in total. The van der Waals surface area contributed by atoms with Crippen molar-refractivity contribution >= 4 is 28.5 Å². The molecule has 4 rings (SSSR count). The summed E-state index contributed by atoms with van der Waals surface area (Å²) in [6, 6.07) is 23.2. The number of amides is 2. The van der Waals surface area contributed by atoms with E-state index in [0.29, 0.717) is 41.6 Å². The molecule has 0 spiro atoms. The Labute approximate surface area is 217 Å². The van der Waals surface area contributed by atoms with Gasteiger partial charge in [-0.25, -0.2) is 4.68 Å². The number of rotatable bonds is 11. The van der Waals surface area contributed by atoms with Gasteiger partial charge in [0.15, 0.2) is 0 Å². The second-order valence-corrected chi connectivity index (χ2v) is 9.22. The van der Waals surface area contributed by atoms with E-state index in [0.717, 1.165) is 11.9 Å². The zero-order valence-corrected chi connectivity index (χ0v) is 21.5. The van der Waals surface area contributed by atoms with Crippen molar-refractivity contribution in [1.29, 1.82) is 0 Å². The smallest absolute Gasteiger partial charge is 0.249 e. The average molecular weight is 500 g/mol.